The minimum absolute atomic E-state index is 0.0214. The third-order valence-electron chi connectivity index (χ3n) is 3.26. The van der Waals surface area contributed by atoms with Crippen molar-refractivity contribution in [1.29, 1.82) is 0 Å². The maximum absolute atomic E-state index is 12.4. The average molecular weight is 342 g/mol. The minimum Gasteiger partial charge on any atom is -0.268 e. The summed E-state index contributed by atoms with van der Waals surface area (Å²) in [6.07, 6.45) is 0. The molecule has 2 aromatic rings. The highest BCUT2D eigenvalue weighted by Crippen LogP contribution is 2.33. The van der Waals surface area contributed by atoms with Gasteiger partial charge >= 0.3 is 0 Å². The lowest BCUT2D eigenvalue weighted by Crippen LogP contribution is -2.29. The van der Waals surface area contributed by atoms with E-state index in [1.165, 1.54) is 12.1 Å². The molecule has 1 amide bonds. The van der Waals surface area contributed by atoms with Gasteiger partial charge in [0.05, 0.1) is 22.2 Å². The second-order valence-corrected chi connectivity index (χ2v) is 7.14. The first-order valence-corrected chi connectivity index (χ1v) is 8.21. The summed E-state index contributed by atoms with van der Waals surface area (Å²) in [5, 5.41) is 0.564. The van der Waals surface area contributed by atoms with Gasteiger partial charge in [-0.2, -0.15) is 0 Å². The van der Waals surface area contributed by atoms with Crippen LogP contribution in [0.25, 0.3) is 0 Å². The molecule has 4 nitrogen and oxygen atoms in total. The fourth-order valence-corrected chi connectivity index (χ4v) is 4.14. The number of carbonyl (C=O) groups is 1. The zero-order chi connectivity index (χ0) is 15.2. The van der Waals surface area contributed by atoms with Gasteiger partial charge in [0.25, 0.3) is 15.9 Å². The van der Waals surface area contributed by atoms with E-state index in [0.29, 0.717) is 10.6 Å². The van der Waals surface area contributed by atoms with Crippen LogP contribution in [0.3, 0.4) is 0 Å². The zero-order valence-corrected chi connectivity index (χ0v) is 12.9. The average Bonchev–Trinajstić information content (AvgIpc) is 2.65. The van der Waals surface area contributed by atoms with Gasteiger partial charge < -0.3 is 0 Å². The number of rotatable bonds is 2. The molecule has 1 aliphatic rings. The Morgan fingerprint density at radius 1 is 1.00 bits per heavy atom. The highest BCUT2D eigenvalue weighted by Gasteiger charge is 2.40. The van der Waals surface area contributed by atoms with Crippen molar-refractivity contribution >= 4 is 39.1 Å². The molecule has 0 saturated carbocycles. The monoisotopic (exact) mass is 341 g/mol. The van der Waals surface area contributed by atoms with Crippen molar-refractivity contribution in [2.24, 2.45) is 0 Å². The minimum atomic E-state index is -3.84. The summed E-state index contributed by atoms with van der Waals surface area (Å²) in [6.45, 7) is -0.144. The molecule has 0 saturated heterocycles. The van der Waals surface area contributed by atoms with Crippen LogP contribution in [0.5, 0.6) is 0 Å². The summed E-state index contributed by atoms with van der Waals surface area (Å²) in [5.74, 6) is -0.554. The second kappa shape index (κ2) is 5.02. The number of fused-ring (bicyclic) bond motifs is 1. The van der Waals surface area contributed by atoms with E-state index in [2.05, 4.69) is 0 Å². The van der Waals surface area contributed by atoms with E-state index in [0.717, 1.165) is 4.31 Å². The lowest BCUT2D eigenvalue weighted by molar-refractivity contribution is 0.0865. The molecule has 2 aromatic carbocycles. The van der Waals surface area contributed by atoms with E-state index in [4.69, 9.17) is 23.2 Å². The third-order valence-corrected chi connectivity index (χ3v) is 5.90. The Hall–Kier alpha value is -1.56. The van der Waals surface area contributed by atoms with Crippen molar-refractivity contribution < 1.29 is 13.2 Å². The Morgan fingerprint density at radius 3 is 2.43 bits per heavy atom. The van der Waals surface area contributed by atoms with E-state index in [9.17, 15) is 13.2 Å². The quantitative estimate of drug-likeness (QED) is 0.841. The molecule has 0 aromatic heterocycles. The van der Waals surface area contributed by atoms with E-state index in [1.807, 2.05) is 0 Å². The molecule has 108 valence electrons. The normalized spacial score (nSPS) is 16.1. The largest absolute Gasteiger partial charge is 0.269 e. The molecule has 1 aliphatic heterocycles. The van der Waals surface area contributed by atoms with Gasteiger partial charge in [-0.15, -0.1) is 0 Å². The standard InChI is InChI=1S/C14H9Cl2NO3S/c15-11-6-3-4-9(13(11)16)8-17-14(18)10-5-1-2-7-12(10)21(17,19)20/h1-7H,8H2. The Labute approximate surface area is 132 Å². The van der Waals surface area contributed by atoms with Crippen LogP contribution in [0.15, 0.2) is 47.4 Å². The molecule has 0 aliphatic carbocycles. The number of sulfonamides is 1. The molecule has 0 radical (unpaired) electrons. The fraction of sp³-hybridized carbons (Fsp3) is 0.0714. The van der Waals surface area contributed by atoms with Crippen molar-refractivity contribution in [3.8, 4) is 0 Å². The lowest BCUT2D eigenvalue weighted by atomic mass is 10.2. The predicted molar refractivity (Wildman–Crippen MR) is 80.0 cm³/mol. The van der Waals surface area contributed by atoms with Gasteiger partial charge in [0.15, 0.2) is 0 Å². The molecule has 0 N–H and O–H groups in total. The van der Waals surface area contributed by atoms with Gasteiger partial charge in [-0.1, -0.05) is 47.5 Å². The van der Waals surface area contributed by atoms with Gasteiger partial charge in [-0.3, -0.25) is 4.79 Å². The van der Waals surface area contributed by atoms with Crippen LogP contribution in [0.4, 0.5) is 0 Å². The SMILES string of the molecule is O=C1c2ccccc2S(=O)(=O)N1Cc1cccc(Cl)c1Cl. The lowest BCUT2D eigenvalue weighted by Gasteiger charge is -2.16. The van der Waals surface area contributed by atoms with Crippen molar-refractivity contribution in [3.05, 3.63) is 63.6 Å². The summed E-state index contributed by atoms with van der Waals surface area (Å²) < 4.78 is 25.7. The van der Waals surface area contributed by atoms with Gasteiger partial charge in [0.2, 0.25) is 0 Å². The van der Waals surface area contributed by atoms with Crippen molar-refractivity contribution in [3.63, 3.8) is 0 Å². The second-order valence-electron chi connectivity index (χ2n) is 4.53. The molecule has 0 fully saturated rings. The smallest absolute Gasteiger partial charge is 0.268 e. The number of hydrogen-bond acceptors (Lipinski definition) is 3. The molecular formula is C14H9Cl2NO3S. The number of benzene rings is 2. The molecule has 1 heterocycles. The molecule has 3 rings (SSSR count). The maximum Gasteiger partial charge on any atom is 0.269 e. The number of hydrogen-bond donors (Lipinski definition) is 0. The highest BCUT2D eigenvalue weighted by molar-refractivity contribution is 7.90. The molecule has 0 unspecified atom stereocenters. The summed E-state index contributed by atoms with van der Waals surface area (Å²) in [5.41, 5.74) is 0.657. The highest BCUT2D eigenvalue weighted by atomic mass is 35.5. The van der Waals surface area contributed by atoms with Crippen molar-refractivity contribution in [2.75, 3.05) is 0 Å². The number of nitrogens with zero attached hydrogens (tertiary/aromatic N) is 1. The summed E-state index contributed by atoms with van der Waals surface area (Å²) in [7, 11) is -3.84. The summed E-state index contributed by atoms with van der Waals surface area (Å²) >= 11 is 12.0. The molecule has 0 atom stereocenters. The van der Waals surface area contributed by atoms with Crippen molar-refractivity contribution in [2.45, 2.75) is 11.4 Å². The van der Waals surface area contributed by atoms with E-state index < -0.39 is 15.9 Å². The van der Waals surface area contributed by atoms with Crippen LogP contribution >= 0.6 is 23.2 Å². The van der Waals surface area contributed by atoms with Crippen LogP contribution in [0.2, 0.25) is 10.0 Å². The van der Waals surface area contributed by atoms with Gasteiger partial charge in [0.1, 0.15) is 4.90 Å². The summed E-state index contributed by atoms with van der Waals surface area (Å²) in [6, 6.07) is 11.0. The van der Waals surface area contributed by atoms with Crippen LogP contribution in [-0.2, 0) is 16.6 Å². The Morgan fingerprint density at radius 2 is 1.71 bits per heavy atom. The third kappa shape index (κ3) is 2.21. The Kier molecular flexibility index (Phi) is 3.43. The van der Waals surface area contributed by atoms with Gasteiger partial charge in [-0.05, 0) is 23.8 Å². The van der Waals surface area contributed by atoms with Crippen LogP contribution in [0.1, 0.15) is 15.9 Å². The molecule has 21 heavy (non-hydrogen) atoms. The maximum atomic E-state index is 12.4. The predicted octanol–water partition coefficient (Wildman–Crippen LogP) is 3.34. The van der Waals surface area contributed by atoms with E-state index >= 15 is 0 Å². The fourth-order valence-electron chi connectivity index (χ4n) is 2.21. The van der Waals surface area contributed by atoms with Crippen LogP contribution < -0.4 is 0 Å². The van der Waals surface area contributed by atoms with Gasteiger partial charge in [0, 0.05) is 0 Å². The number of halogens is 2. The first-order chi connectivity index (χ1) is 9.93. The van der Waals surface area contributed by atoms with Gasteiger partial charge in [-0.25, -0.2) is 12.7 Å². The zero-order valence-electron chi connectivity index (χ0n) is 10.6. The topological polar surface area (TPSA) is 54.5 Å². The van der Waals surface area contributed by atoms with Crippen LogP contribution in [0, 0.1) is 0 Å². The molecule has 0 bridgehead atoms. The summed E-state index contributed by atoms with van der Waals surface area (Å²) in [4.78, 5) is 12.3. The first-order valence-electron chi connectivity index (χ1n) is 6.02. The molecule has 7 heteroatoms. The van der Waals surface area contributed by atoms with E-state index in [-0.39, 0.29) is 22.0 Å². The molecular weight excluding hydrogens is 333 g/mol. The Bertz CT molecular complexity index is 849. The number of amides is 1. The van der Waals surface area contributed by atoms with Crippen molar-refractivity contribution in [1.82, 2.24) is 4.31 Å². The Balaban J connectivity index is 2.06. The first kappa shape index (κ1) is 14.4. The van der Waals surface area contributed by atoms with E-state index in [1.54, 1.807) is 30.3 Å². The number of carbonyl (C=O) groups excluding carboxylic acids is 1. The van der Waals surface area contributed by atoms with Crippen LogP contribution in [-0.4, -0.2) is 18.6 Å². The molecule has 0 spiro atoms.